The van der Waals surface area contributed by atoms with Gasteiger partial charge in [0, 0.05) is 25.8 Å². The molecule has 20 heavy (non-hydrogen) atoms. The van der Waals surface area contributed by atoms with Gasteiger partial charge in [0.05, 0.1) is 13.2 Å². The van der Waals surface area contributed by atoms with Gasteiger partial charge < -0.3 is 20.3 Å². The number of likely N-dealkylation sites (N-methyl/N-ethyl adjacent to an activating group) is 1. The molecule has 0 saturated heterocycles. The summed E-state index contributed by atoms with van der Waals surface area (Å²) < 4.78 is 4.86. The molecule has 0 bridgehead atoms. The predicted octanol–water partition coefficient (Wildman–Crippen LogP) is 0.853. The van der Waals surface area contributed by atoms with E-state index in [0.717, 1.165) is 5.56 Å². The molecule has 1 aromatic carbocycles. The molecule has 0 aliphatic heterocycles. The maximum absolute atomic E-state index is 11.7. The van der Waals surface area contributed by atoms with E-state index in [4.69, 9.17) is 4.74 Å². The van der Waals surface area contributed by atoms with E-state index in [1.165, 1.54) is 6.07 Å². The number of hydrogen-bond donors (Lipinski definition) is 3. The number of nitrogens with zero attached hydrogens (tertiary/aromatic N) is 1. The molecule has 6 heteroatoms. The Morgan fingerprint density at radius 1 is 1.35 bits per heavy atom. The number of amides is 1. The van der Waals surface area contributed by atoms with Gasteiger partial charge in [-0.3, -0.25) is 9.69 Å². The maximum atomic E-state index is 11.7. The summed E-state index contributed by atoms with van der Waals surface area (Å²) in [6.45, 7) is 3.08. The summed E-state index contributed by atoms with van der Waals surface area (Å²) in [5, 5.41) is 21.7. The second kappa shape index (κ2) is 7.72. The summed E-state index contributed by atoms with van der Waals surface area (Å²) in [6.07, 6.45) is 0. The van der Waals surface area contributed by atoms with Crippen molar-refractivity contribution < 1.29 is 19.7 Å². The van der Waals surface area contributed by atoms with Gasteiger partial charge >= 0.3 is 0 Å². The van der Waals surface area contributed by atoms with Crippen LogP contribution in [-0.2, 0) is 9.53 Å². The zero-order valence-electron chi connectivity index (χ0n) is 12.1. The topological polar surface area (TPSA) is 82.0 Å². The Bertz CT molecular complexity index is 431. The van der Waals surface area contributed by atoms with Crippen LogP contribution in [0.3, 0.4) is 0 Å². The molecule has 112 valence electrons. The van der Waals surface area contributed by atoms with Crippen molar-refractivity contribution in [2.45, 2.75) is 13.0 Å². The van der Waals surface area contributed by atoms with E-state index < -0.39 is 0 Å². The van der Waals surface area contributed by atoms with Crippen LogP contribution in [-0.4, -0.2) is 54.9 Å². The van der Waals surface area contributed by atoms with Gasteiger partial charge in [0.15, 0.2) is 0 Å². The minimum Gasteiger partial charge on any atom is -0.508 e. The van der Waals surface area contributed by atoms with Gasteiger partial charge in [-0.15, -0.1) is 0 Å². The van der Waals surface area contributed by atoms with Crippen molar-refractivity contribution in [2.75, 3.05) is 33.9 Å². The lowest BCUT2D eigenvalue weighted by Crippen LogP contribution is -2.37. The summed E-state index contributed by atoms with van der Waals surface area (Å²) in [6, 6.07) is 4.31. The monoisotopic (exact) mass is 282 g/mol. The second-order valence-electron chi connectivity index (χ2n) is 4.72. The largest absolute Gasteiger partial charge is 0.508 e. The summed E-state index contributed by atoms with van der Waals surface area (Å²) >= 11 is 0. The van der Waals surface area contributed by atoms with Gasteiger partial charge in [0.2, 0.25) is 5.91 Å². The van der Waals surface area contributed by atoms with Crippen molar-refractivity contribution >= 4 is 5.91 Å². The van der Waals surface area contributed by atoms with Gasteiger partial charge in [-0.25, -0.2) is 0 Å². The molecule has 3 N–H and O–H groups in total. The van der Waals surface area contributed by atoms with Crippen molar-refractivity contribution in [1.29, 1.82) is 0 Å². The number of rotatable bonds is 7. The lowest BCUT2D eigenvalue weighted by molar-refractivity contribution is -0.122. The first-order chi connectivity index (χ1) is 9.43. The minimum absolute atomic E-state index is 0.00444. The van der Waals surface area contributed by atoms with Crippen LogP contribution in [0.15, 0.2) is 18.2 Å². The fourth-order valence-electron chi connectivity index (χ4n) is 1.83. The first-order valence-electron chi connectivity index (χ1n) is 6.43. The van der Waals surface area contributed by atoms with E-state index in [1.54, 1.807) is 19.2 Å². The number of benzene rings is 1. The van der Waals surface area contributed by atoms with Gasteiger partial charge in [0.25, 0.3) is 0 Å². The Morgan fingerprint density at radius 3 is 2.50 bits per heavy atom. The number of ether oxygens (including phenoxy) is 1. The van der Waals surface area contributed by atoms with Gasteiger partial charge in [-0.1, -0.05) is 0 Å². The molecule has 1 amide bonds. The summed E-state index contributed by atoms with van der Waals surface area (Å²) in [7, 11) is 3.39. The third kappa shape index (κ3) is 5.07. The quantitative estimate of drug-likeness (QED) is 0.646. The third-order valence-electron chi connectivity index (χ3n) is 3.09. The smallest absolute Gasteiger partial charge is 0.234 e. The minimum atomic E-state index is -0.110. The number of nitrogens with one attached hydrogen (secondary N) is 1. The fourth-order valence-corrected chi connectivity index (χ4v) is 1.83. The molecule has 0 aromatic heterocycles. The molecule has 1 rings (SSSR count). The Morgan fingerprint density at radius 2 is 1.95 bits per heavy atom. The molecule has 0 aliphatic rings. The summed E-state index contributed by atoms with van der Waals surface area (Å²) in [4.78, 5) is 13.5. The van der Waals surface area contributed by atoms with E-state index in [2.05, 4.69) is 5.32 Å². The first kappa shape index (κ1) is 16.3. The van der Waals surface area contributed by atoms with Crippen LogP contribution in [0, 0.1) is 0 Å². The van der Waals surface area contributed by atoms with Gasteiger partial charge in [-0.2, -0.15) is 0 Å². The first-order valence-corrected chi connectivity index (χ1v) is 6.43. The normalized spacial score (nSPS) is 12.4. The van der Waals surface area contributed by atoms with Crippen LogP contribution in [0.2, 0.25) is 0 Å². The van der Waals surface area contributed by atoms with Crippen molar-refractivity contribution in [2.24, 2.45) is 0 Å². The molecule has 0 aliphatic carbocycles. The lowest BCUT2D eigenvalue weighted by atomic mass is 10.1. The standard InChI is InChI=1S/C14H22N2O4/c1-10(11-6-12(17)8-13(18)7-11)16(2)9-14(19)15-4-5-20-3/h6-8,10,17-18H,4-5,9H2,1-3H3,(H,15,19). The van der Waals surface area contributed by atoms with Gasteiger partial charge in [0.1, 0.15) is 11.5 Å². The lowest BCUT2D eigenvalue weighted by Gasteiger charge is -2.24. The second-order valence-corrected chi connectivity index (χ2v) is 4.72. The molecule has 0 saturated carbocycles. The Labute approximate surface area is 119 Å². The van der Waals surface area contributed by atoms with Crippen LogP contribution >= 0.6 is 0 Å². The zero-order chi connectivity index (χ0) is 15.1. The Hall–Kier alpha value is -1.79. The van der Waals surface area contributed by atoms with E-state index >= 15 is 0 Å². The maximum Gasteiger partial charge on any atom is 0.234 e. The van der Waals surface area contributed by atoms with E-state index in [1.807, 2.05) is 18.9 Å². The highest BCUT2D eigenvalue weighted by Crippen LogP contribution is 2.27. The molecule has 1 unspecified atom stereocenters. The van der Waals surface area contributed by atoms with Crippen molar-refractivity contribution in [3.8, 4) is 11.5 Å². The molecule has 1 atom stereocenters. The molecule has 0 radical (unpaired) electrons. The number of phenolic OH excluding ortho intramolecular Hbond substituents is 2. The Balaban J connectivity index is 2.57. The molecule has 0 heterocycles. The number of methoxy groups -OCH3 is 1. The van der Waals surface area contributed by atoms with Crippen molar-refractivity contribution in [3.63, 3.8) is 0 Å². The SMILES string of the molecule is COCCNC(=O)CN(C)C(C)c1cc(O)cc(O)c1. The fraction of sp³-hybridized carbons (Fsp3) is 0.500. The summed E-state index contributed by atoms with van der Waals surface area (Å²) in [5.74, 6) is -0.0876. The molecule has 1 aromatic rings. The van der Waals surface area contributed by atoms with Crippen LogP contribution in [0.4, 0.5) is 0 Å². The number of aromatic hydroxyl groups is 2. The van der Waals surface area contributed by atoms with E-state index in [9.17, 15) is 15.0 Å². The number of hydrogen-bond acceptors (Lipinski definition) is 5. The number of carbonyl (C=O) groups excluding carboxylic acids is 1. The zero-order valence-corrected chi connectivity index (χ0v) is 12.1. The van der Waals surface area contributed by atoms with E-state index in [-0.39, 0.29) is 30.0 Å². The van der Waals surface area contributed by atoms with Crippen molar-refractivity contribution in [1.82, 2.24) is 10.2 Å². The van der Waals surface area contributed by atoms with Crippen LogP contribution in [0.25, 0.3) is 0 Å². The van der Waals surface area contributed by atoms with Gasteiger partial charge in [-0.05, 0) is 31.7 Å². The molecule has 6 nitrogen and oxygen atoms in total. The van der Waals surface area contributed by atoms with Crippen LogP contribution in [0.5, 0.6) is 11.5 Å². The molecule has 0 spiro atoms. The Kier molecular flexibility index (Phi) is 6.27. The molecule has 0 fully saturated rings. The third-order valence-corrected chi connectivity index (χ3v) is 3.09. The van der Waals surface area contributed by atoms with E-state index in [0.29, 0.717) is 13.2 Å². The average molecular weight is 282 g/mol. The molecular weight excluding hydrogens is 260 g/mol. The number of phenols is 2. The highest BCUT2D eigenvalue weighted by molar-refractivity contribution is 5.78. The highest BCUT2D eigenvalue weighted by Gasteiger charge is 2.16. The average Bonchev–Trinajstić information content (AvgIpc) is 2.36. The predicted molar refractivity (Wildman–Crippen MR) is 75.7 cm³/mol. The molecular formula is C14H22N2O4. The highest BCUT2D eigenvalue weighted by atomic mass is 16.5. The number of carbonyl (C=O) groups is 1. The summed E-state index contributed by atoms with van der Waals surface area (Å²) in [5.41, 5.74) is 0.745. The van der Waals surface area contributed by atoms with Crippen LogP contribution in [0.1, 0.15) is 18.5 Å². The van der Waals surface area contributed by atoms with Crippen LogP contribution < -0.4 is 5.32 Å². The van der Waals surface area contributed by atoms with Crippen molar-refractivity contribution in [3.05, 3.63) is 23.8 Å².